The lowest BCUT2D eigenvalue weighted by Crippen LogP contribution is -2.47. The van der Waals surface area contributed by atoms with Gasteiger partial charge in [0.15, 0.2) is 10.3 Å². The molecule has 7 heteroatoms. The van der Waals surface area contributed by atoms with Crippen LogP contribution in [-0.2, 0) is 6.54 Å². The number of aromatic nitrogens is 3. The lowest BCUT2D eigenvalue weighted by atomic mass is 10.1. The van der Waals surface area contributed by atoms with E-state index in [9.17, 15) is 4.79 Å². The predicted molar refractivity (Wildman–Crippen MR) is 101 cm³/mol. The van der Waals surface area contributed by atoms with Crippen LogP contribution in [0.5, 0.6) is 0 Å². The van der Waals surface area contributed by atoms with Gasteiger partial charge in [-0.05, 0) is 25.8 Å². The van der Waals surface area contributed by atoms with E-state index in [1.165, 1.54) is 24.2 Å². The molecule has 2 aliphatic rings. The Labute approximate surface area is 152 Å². The van der Waals surface area contributed by atoms with E-state index < -0.39 is 0 Å². The van der Waals surface area contributed by atoms with Crippen LogP contribution in [0.2, 0.25) is 0 Å². The number of piperazine rings is 1. The van der Waals surface area contributed by atoms with Crippen molar-refractivity contribution in [2.24, 2.45) is 5.92 Å². The first-order valence-corrected chi connectivity index (χ1v) is 10.3. The number of hydrogen-bond acceptors (Lipinski definition) is 6. The van der Waals surface area contributed by atoms with Crippen molar-refractivity contribution in [3.8, 4) is 0 Å². The summed E-state index contributed by atoms with van der Waals surface area (Å²) in [4.78, 5) is 27.9. The molecule has 136 valence electrons. The maximum atomic E-state index is 13.0. The molecule has 2 aromatic rings. The molecule has 0 spiro atoms. The molecule has 0 N–H and O–H groups in total. The van der Waals surface area contributed by atoms with E-state index >= 15 is 0 Å². The van der Waals surface area contributed by atoms with Gasteiger partial charge in [-0.15, -0.1) is 11.3 Å². The second-order valence-corrected chi connectivity index (χ2v) is 8.26. The van der Waals surface area contributed by atoms with E-state index in [2.05, 4.69) is 28.8 Å². The molecule has 0 radical (unpaired) electrons. The number of rotatable bonds is 6. The highest BCUT2D eigenvalue weighted by Gasteiger charge is 2.28. The molecule has 2 aromatic heterocycles. The van der Waals surface area contributed by atoms with Crippen molar-refractivity contribution in [3.63, 3.8) is 0 Å². The molecular formula is C18H27N5OS. The van der Waals surface area contributed by atoms with E-state index in [0.717, 1.165) is 62.1 Å². The number of hydrogen-bond donors (Lipinski definition) is 0. The summed E-state index contributed by atoms with van der Waals surface area (Å²) in [6, 6.07) is 0.215. The Morgan fingerprint density at radius 3 is 2.72 bits per heavy atom. The zero-order valence-electron chi connectivity index (χ0n) is 15.1. The van der Waals surface area contributed by atoms with Crippen molar-refractivity contribution in [2.75, 3.05) is 33.2 Å². The fourth-order valence-corrected chi connectivity index (χ4v) is 4.44. The minimum atomic E-state index is 0.0504. The normalized spacial score (nSPS) is 21.0. The lowest BCUT2D eigenvalue weighted by molar-refractivity contribution is 0.102. The van der Waals surface area contributed by atoms with Gasteiger partial charge in [0.05, 0.1) is 11.6 Å². The average Bonchev–Trinajstić information content (AvgIpc) is 3.32. The van der Waals surface area contributed by atoms with Crippen molar-refractivity contribution in [3.05, 3.63) is 21.7 Å². The molecule has 25 heavy (non-hydrogen) atoms. The maximum Gasteiger partial charge on any atom is 0.280 e. The Bertz CT molecular complexity index is 788. The van der Waals surface area contributed by atoms with Crippen LogP contribution in [0.25, 0.3) is 10.3 Å². The largest absolute Gasteiger partial charge is 0.304 e. The smallest absolute Gasteiger partial charge is 0.280 e. The molecule has 1 unspecified atom stereocenters. The molecule has 0 aromatic carbocycles. The van der Waals surface area contributed by atoms with E-state index in [-0.39, 0.29) is 11.6 Å². The molecule has 0 bridgehead atoms. The molecular weight excluding hydrogens is 334 g/mol. The van der Waals surface area contributed by atoms with Crippen LogP contribution in [0.4, 0.5) is 0 Å². The van der Waals surface area contributed by atoms with Gasteiger partial charge in [-0.3, -0.25) is 14.3 Å². The monoisotopic (exact) mass is 361 g/mol. The highest BCUT2D eigenvalue weighted by atomic mass is 32.1. The van der Waals surface area contributed by atoms with Gasteiger partial charge >= 0.3 is 0 Å². The first-order valence-electron chi connectivity index (χ1n) is 9.44. The van der Waals surface area contributed by atoms with E-state index in [1.54, 1.807) is 5.51 Å². The molecule has 1 saturated carbocycles. The highest BCUT2D eigenvalue weighted by Crippen LogP contribution is 2.33. The predicted octanol–water partition coefficient (Wildman–Crippen LogP) is 2.35. The summed E-state index contributed by atoms with van der Waals surface area (Å²) in [6.07, 6.45) is 4.69. The maximum absolute atomic E-state index is 13.0. The Balaban J connectivity index is 1.71. The third-order valence-electron chi connectivity index (χ3n) is 5.61. The number of nitrogens with zero attached hydrogens (tertiary/aromatic N) is 5. The molecule has 0 amide bonds. The van der Waals surface area contributed by atoms with Crippen molar-refractivity contribution in [2.45, 2.75) is 45.2 Å². The SMILES string of the molecule is CCC(c1nc2scnc2c(=O)n1CCC1CC1)N1CCN(C)CC1. The van der Waals surface area contributed by atoms with Gasteiger partial charge in [0.1, 0.15) is 5.82 Å². The molecule has 1 aliphatic heterocycles. The van der Waals surface area contributed by atoms with Crippen LogP contribution in [0, 0.1) is 5.92 Å². The second-order valence-electron chi connectivity index (χ2n) is 7.43. The molecule has 1 saturated heterocycles. The molecule has 1 aliphatic carbocycles. The van der Waals surface area contributed by atoms with Crippen LogP contribution in [0.1, 0.15) is 44.5 Å². The van der Waals surface area contributed by atoms with E-state index in [4.69, 9.17) is 4.98 Å². The topological polar surface area (TPSA) is 54.3 Å². The number of fused-ring (bicyclic) bond motifs is 1. The van der Waals surface area contributed by atoms with Gasteiger partial charge in [-0.1, -0.05) is 19.8 Å². The lowest BCUT2D eigenvalue weighted by Gasteiger charge is -2.37. The summed E-state index contributed by atoms with van der Waals surface area (Å²) >= 11 is 1.47. The van der Waals surface area contributed by atoms with Crippen LogP contribution >= 0.6 is 11.3 Å². The highest BCUT2D eigenvalue weighted by molar-refractivity contribution is 7.16. The standard InChI is InChI=1S/C18H27N5OS/c1-3-14(22-10-8-21(2)9-11-22)16-20-17-15(19-12-25-17)18(24)23(16)7-6-13-4-5-13/h12-14H,3-11H2,1-2H3. The second kappa shape index (κ2) is 7.13. The average molecular weight is 362 g/mol. The van der Waals surface area contributed by atoms with Gasteiger partial charge in [0.2, 0.25) is 0 Å². The van der Waals surface area contributed by atoms with E-state index in [0.29, 0.717) is 5.52 Å². The third-order valence-corrected chi connectivity index (χ3v) is 6.33. The van der Waals surface area contributed by atoms with Crippen LogP contribution in [0.3, 0.4) is 0 Å². The van der Waals surface area contributed by atoms with Crippen molar-refractivity contribution >= 4 is 21.7 Å². The first kappa shape index (κ1) is 17.1. The molecule has 1 atom stereocenters. The Kier molecular flexibility index (Phi) is 4.88. The van der Waals surface area contributed by atoms with Gasteiger partial charge in [0, 0.05) is 32.7 Å². The summed E-state index contributed by atoms with van der Waals surface area (Å²) in [5.74, 6) is 1.75. The Morgan fingerprint density at radius 2 is 2.04 bits per heavy atom. The Hall–Kier alpha value is -1.31. The third kappa shape index (κ3) is 3.50. The van der Waals surface area contributed by atoms with Gasteiger partial charge in [-0.25, -0.2) is 9.97 Å². The zero-order chi connectivity index (χ0) is 17.4. The van der Waals surface area contributed by atoms with Crippen LogP contribution in [-0.4, -0.2) is 57.6 Å². The number of thiazole rings is 1. The van der Waals surface area contributed by atoms with Crippen LogP contribution < -0.4 is 5.56 Å². The molecule has 2 fully saturated rings. The summed E-state index contributed by atoms with van der Waals surface area (Å²) < 4.78 is 1.94. The van der Waals surface area contributed by atoms with Gasteiger partial charge in [-0.2, -0.15) is 0 Å². The first-order chi connectivity index (χ1) is 12.2. The summed E-state index contributed by atoms with van der Waals surface area (Å²) in [6.45, 7) is 7.21. The summed E-state index contributed by atoms with van der Waals surface area (Å²) in [7, 11) is 2.17. The molecule has 4 rings (SSSR count). The zero-order valence-corrected chi connectivity index (χ0v) is 16.0. The van der Waals surface area contributed by atoms with Crippen LogP contribution in [0.15, 0.2) is 10.3 Å². The van der Waals surface area contributed by atoms with Crippen molar-refractivity contribution < 1.29 is 0 Å². The fraction of sp³-hybridized carbons (Fsp3) is 0.722. The number of likely N-dealkylation sites (N-methyl/N-ethyl adjacent to an activating group) is 1. The Morgan fingerprint density at radius 1 is 1.28 bits per heavy atom. The summed E-state index contributed by atoms with van der Waals surface area (Å²) in [5, 5.41) is 0. The van der Waals surface area contributed by atoms with Crippen molar-refractivity contribution in [1.29, 1.82) is 0 Å². The van der Waals surface area contributed by atoms with Crippen molar-refractivity contribution in [1.82, 2.24) is 24.3 Å². The molecule has 6 nitrogen and oxygen atoms in total. The summed E-state index contributed by atoms with van der Waals surface area (Å²) in [5.41, 5.74) is 2.33. The minimum absolute atomic E-state index is 0.0504. The quantitative estimate of drug-likeness (QED) is 0.790. The van der Waals surface area contributed by atoms with E-state index in [1.807, 2.05) is 4.57 Å². The van der Waals surface area contributed by atoms with Gasteiger partial charge < -0.3 is 4.90 Å². The fourth-order valence-electron chi connectivity index (χ4n) is 3.79. The molecule has 3 heterocycles. The minimum Gasteiger partial charge on any atom is -0.304 e. The van der Waals surface area contributed by atoms with Gasteiger partial charge in [0.25, 0.3) is 5.56 Å².